The van der Waals surface area contributed by atoms with Gasteiger partial charge in [-0.3, -0.25) is 4.79 Å². The summed E-state index contributed by atoms with van der Waals surface area (Å²) in [5, 5.41) is 7.64. The van der Waals surface area contributed by atoms with Gasteiger partial charge >= 0.3 is 0 Å². The highest BCUT2D eigenvalue weighted by Crippen LogP contribution is 2.30. The zero-order valence-corrected chi connectivity index (χ0v) is 17.4. The summed E-state index contributed by atoms with van der Waals surface area (Å²) < 4.78 is 0. The van der Waals surface area contributed by atoms with Crippen molar-refractivity contribution >= 4 is 22.5 Å². The SMILES string of the molecule is Cc1ccc(NC(=O)[C@@H](C)NC[C@@H](c2ccccc2)c2c[nH]c3ccccc23)cc1. The van der Waals surface area contributed by atoms with Crippen LogP contribution in [-0.2, 0) is 4.79 Å². The van der Waals surface area contributed by atoms with Crippen molar-refractivity contribution in [2.24, 2.45) is 0 Å². The number of aryl methyl sites for hydroxylation is 1. The van der Waals surface area contributed by atoms with Gasteiger partial charge in [0.15, 0.2) is 0 Å². The number of fused-ring (bicyclic) bond motifs is 1. The molecule has 0 unspecified atom stereocenters. The molecular weight excluding hydrogens is 370 g/mol. The summed E-state index contributed by atoms with van der Waals surface area (Å²) in [5.41, 5.74) is 5.56. The molecule has 1 aromatic heterocycles. The van der Waals surface area contributed by atoms with Gasteiger partial charge in [0.2, 0.25) is 5.91 Å². The molecule has 1 amide bonds. The molecular formula is C26H27N3O. The molecule has 0 bridgehead atoms. The van der Waals surface area contributed by atoms with Crippen molar-refractivity contribution in [1.29, 1.82) is 0 Å². The topological polar surface area (TPSA) is 56.9 Å². The van der Waals surface area contributed by atoms with Crippen molar-refractivity contribution in [1.82, 2.24) is 10.3 Å². The number of rotatable bonds is 7. The summed E-state index contributed by atoms with van der Waals surface area (Å²) in [6, 6.07) is 26.3. The van der Waals surface area contributed by atoms with Crippen LogP contribution >= 0.6 is 0 Å². The number of nitrogens with one attached hydrogen (secondary N) is 3. The van der Waals surface area contributed by atoms with E-state index in [1.165, 1.54) is 22.1 Å². The Labute approximate surface area is 177 Å². The largest absolute Gasteiger partial charge is 0.361 e. The second-order valence-corrected chi connectivity index (χ2v) is 7.74. The lowest BCUT2D eigenvalue weighted by atomic mass is 9.90. The van der Waals surface area contributed by atoms with Crippen molar-refractivity contribution < 1.29 is 4.79 Å². The molecule has 30 heavy (non-hydrogen) atoms. The Morgan fingerprint density at radius 2 is 1.63 bits per heavy atom. The Morgan fingerprint density at radius 3 is 2.40 bits per heavy atom. The van der Waals surface area contributed by atoms with E-state index in [2.05, 4.69) is 64.3 Å². The van der Waals surface area contributed by atoms with Gasteiger partial charge in [0.25, 0.3) is 0 Å². The second-order valence-electron chi connectivity index (χ2n) is 7.74. The fraction of sp³-hybridized carbons (Fsp3) is 0.192. The Hall–Kier alpha value is -3.37. The first-order valence-corrected chi connectivity index (χ1v) is 10.3. The van der Waals surface area contributed by atoms with E-state index in [-0.39, 0.29) is 17.9 Å². The molecule has 0 aliphatic rings. The van der Waals surface area contributed by atoms with Crippen LogP contribution in [0.25, 0.3) is 10.9 Å². The first-order valence-electron chi connectivity index (χ1n) is 10.3. The normalized spacial score (nSPS) is 13.1. The average molecular weight is 398 g/mol. The van der Waals surface area contributed by atoms with Gasteiger partial charge in [-0.25, -0.2) is 0 Å². The summed E-state index contributed by atoms with van der Waals surface area (Å²) in [6.45, 7) is 4.60. The van der Waals surface area contributed by atoms with E-state index in [9.17, 15) is 4.79 Å². The molecule has 4 nitrogen and oxygen atoms in total. The number of hydrogen-bond donors (Lipinski definition) is 3. The van der Waals surface area contributed by atoms with Crippen LogP contribution in [0.4, 0.5) is 5.69 Å². The third-order valence-electron chi connectivity index (χ3n) is 5.54. The van der Waals surface area contributed by atoms with Gasteiger partial charge in [-0.05, 0) is 43.2 Å². The molecule has 152 valence electrons. The summed E-state index contributed by atoms with van der Waals surface area (Å²) in [7, 11) is 0. The van der Waals surface area contributed by atoms with Crippen LogP contribution in [0.2, 0.25) is 0 Å². The Bertz CT molecular complexity index is 1120. The molecule has 4 aromatic rings. The molecule has 1 heterocycles. The Morgan fingerprint density at radius 1 is 0.933 bits per heavy atom. The maximum atomic E-state index is 12.7. The molecule has 0 spiro atoms. The van der Waals surface area contributed by atoms with Crippen LogP contribution in [-0.4, -0.2) is 23.5 Å². The van der Waals surface area contributed by atoms with Gasteiger partial charge in [0, 0.05) is 35.2 Å². The van der Waals surface area contributed by atoms with E-state index in [1.54, 1.807) is 0 Å². The maximum absolute atomic E-state index is 12.7. The molecule has 4 heteroatoms. The highest BCUT2D eigenvalue weighted by atomic mass is 16.2. The van der Waals surface area contributed by atoms with E-state index < -0.39 is 0 Å². The minimum absolute atomic E-state index is 0.0374. The number of H-pyrrole nitrogens is 1. The quantitative estimate of drug-likeness (QED) is 0.400. The molecule has 0 radical (unpaired) electrons. The molecule has 0 fully saturated rings. The van der Waals surface area contributed by atoms with Gasteiger partial charge in [-0.15, -0.1) is 0 Å². The standard InChI is InChI=1S/C26H27N3O/c1-18-12-14-21(15-13-18)29-26(30)19(2)27-16-23(20-8-4-3-5-9-20)24-17-28-25-11-7-6-10-22(24)25/h3-15,17,19,23,27-28H,16H2,1-2H3,(H,29,30)/t19-,23+/m1/s1. The second kappa shape index (κ2) is 8.97. The number of carbonyl (C=O) groups is 1. The summed E-state index contributed by atoms with van der Waals surface area (Å²) in [6.07, 6.45) is 2.08. The summed E-state index contributed by atoms with van der Waals surface area (Å²) in [5.74, 6) is 0.0987. The van der Waals surface area contributed by atoms with Crippen molar-refractivity contribution in [3.05, 3.63) is 102 Å². The third kappa shape index (κ3) is 4.44. The first kappa shape index (κ1) is 19.9. The van der Waals surface area contributed by atoms with Crippen molar-refractivity contribution in [2.45, 2.75) is 25.8 Å². The molecule has 0 saturated heterocycles. The van der Waals surface area contributed by atoms with Crippen LogP contribution in [0.1, 0.15) is 29.5 Å². The Balaban J connectivity index is 1.51. The lowest BCUT2D eigenvalue weighted by Gasteiger charge is -2.21. The zero-order valence-electron chi connectivity index (χ0n) is 17.4. The van der Waals surface area contributed by atoms with Crippen LogP contribution in [0.5, 0.6) is 0 Å². The van der Waals surface area contributed by atoms with Gasteiger partial charge in [0.1, 0.15) is 0 Å². The lowest BCUT2D eigenvalue weighted by Crippen LogP contribution is -2.40. The number of aromatic amines is 1. The highest BCUT2D eigenvalue weighted by Gasteiger charge is 2.20. The number of amides is 1. The number of aromatic nitrogens is 1. The smallest absolute Gasteiger partial charge is 0.241 e. The number of hydrogen-bond acceptors (Lipinski definition) is 2. The first-order chi connectivity index (χ1) is 14.6. The van der Waals surface area contributed by atoms with E-state index in [1.807, 2.05) is 50.2 Å². The van der Waals surface area contributed by atoms with E-state index in [4.69, 9.17) is 0 Å². The fourth-order valence-corrected chi connectivity index (χ4v) is 3.75. The molecule has 4 rings (SSSR count). The van der Waals surface area contributed by atoms with Gasteiger partial charge in [-0.1, -0.05) is 66.2 Å². The van der Waals surface area contributed by atoms with Crippen LogP contribution in [0.3, 0.4) is 0 Å². The molecule has 0 aliphatic carbocycles. The number of para-hydroxylation sites is 1. The number of carbonyl (C=O) groups excluding carboxylic acids is 1. The molecule has 3 aromatic carbocycles. The van der Waals surface area contributed by atoms with Gasteiger partial charge in [-0.2, -0.15) is 0 Å². The molecule has 2 atom stereocenters. The summed E-state index contributed by atoms with van der Waals surface area (Å²) in [4.78, 5) is 16.0. The minimum Gasteiger partial charge on any atom is -0.361 e. The zero-order chi connectivity index (χ0) is 20.9. The highest BCUT2D eigenvalue weighted by molar-refractivity contribution is 5.94. The predicted molar refractivity (Wildman–Crippen MR) is 124 cm³/mol. The minimum atomic E-state index is -0.317. The monoisotopic (exact) mass is 397 g/mol. The van der Waals surface area contributed by atoms with Crippen molar-refractivity contribution in [3.63, 3.8) is 0 Å². The average Bonchev–Trinajstić information content (AvgIpc) is 3.20. The Kier molecular flexibility index (Phi) is 5.96. The van der Waals surface area contributed by atoms with Gasteiger partial charge in [0.05, 0.1) is 6.04 Å². The number of anilines is 1. The lowest BCUT2D eigenvalue weighted by molar-refractivity contribution is -0.117. The van der Waals surface area contributed by atoms with E-state index in [0.717, 1.165) is 11.2 Å². The molecule has 3 N–H and O–H groups in total. The van der Waals surface area contributed by atoms with Crippen LogP contribution in [0, 0.1) is 6.92 Å². The predicted octanol–water partition coefficient (Wildman–Crippen LogP) is 5.23. The number of benzene rings is 3. The third-order valence-corrected chi connectivity index (χ3v) is 5.54. The van der Waals surface area contributed by atoms with Crippen LogP contribution in [0.15, 0.2) is 85.1 Å². The summed E-state index contributed by atoms with van der Waals surface area (Å²) >= 11 is 0. The van der Waals surface area contributed by atoms with E-state index in [0.29, 0.717) is 6.54 Å². The van der Waals surface area contributed by atoms with Crippen molar-refractivity contribution in [3.8, 4) is 0 Å². The maximum Gasteiger partial charge on any atom is 0.241 e. The van der Waals surface area contributed by atoms with E-state index >= 15 is 0 Å². The van der Waals surface area contributed by atoms with Crippen LogP contribution < -0.4 is 10.6 Å². The van der Waals surface area contributed by atoms with Gasteiger partial charge < -0.3 is 15.6 Å². The fourth-order valence-electron chi connectivity index (χ4n) is 3.75. The van der Waals surface area contributed by atoms with Crippen molar-refractivity contribution in [2.75, 3.05) is 11.9 Å². The molecule has 0 aliphatic heterocycles. The molecule has 0 saturated carbocycles.